The number of rotatable bonds is 4. The monoisotopic (exact) mass is 279 g/mol. The lowest BCUT2D eigenvalue weighted by Crippen LogP contribution is -2.36. The normalized spacial score (nSPS) is 19.1. The van der Waals surface area contributed by atoms with Gasteiger partial charge in [0.1, 0.15) is 5.82 Å². The van der Waals surface area contributed by atoms with Crippen molar-refractivity contribution in [3.63, 3.8) is 0 Å². The summed E-state index contributed by atoms with van der Waals surface area (Å²) in [6, 6.07) is 5.21. The van der Waals surface area contributed by atoms with E-state index >= 15 is 0 Å². The summed E-state index contributed by atoms with van der Waals surface area (Å²) in [6.07, 6.45) is 2.39. The van der Waals surface area contributed by atoms with Gasteiger partial charge in [0.25, 0.3) is 0 Å². The SMILES string of the molecule is CC(N)c1ccc(N(C)CC2CCN(C)CC2)c(F)c1. The first kappa shape index (κ1) is 15.3. The highest BCUT2D eigenvalue weighted by atomic mass is 19.1. The van der Waals surface area contributed by atoms with E-state index < -0.39 is 0 Å². The molecule has 0 radical (unpaired) electrons. The van der Waals surface area contributed by atoms with Gasteiger partial charge in [0, 0.05) is 19.6 Å². The average Bonchev–Trinajstić information content (AvgIpc) is 2.41. The zero-order valence-electron chi connectivity index (χ0n) is 12.8. The van der Waals surface area contributed by atoms with Crippen LogP contribution in [0.1, 0.15) is 31.4 Å². The zero-order valence-corrected chi connectivity index (χ0v) is 12.8. The topological polar surface area (TPSA) is 32.5 Å². The van der Waals surface area contributed by atoms with Gasteiger partial charge in [-0.15, -0.1) is 0 Å². The fourth-order valence-electron chi connectivity index (χ4n) is 2.85. The molecule has 0 aromatic heterocycles. The predicted octanol–water partition coefficient (Wildman–Crippen LogP) is 2.62. The maximum atomic E-state index is 14.2. The standard InChI is InChI=1S/C16H26FN3/c1-12(18)14-4-5-16(15(17)10-14)20(3)11-13-6-8-19(2)9-7-13/h4-5,10,12-13H,6-9,11,18H2,1-3H3. The first-order valence-electron chi connectivity index (χ1n) is 7.42. The summed E-state index contributed by atoms with van der Waals surface area (Å²) in [4.78, 5) is 4.39. The van der Waals surface area contributed by atoms with Crippen LogP contribution in [0.4, 0.5) is 10.1 Å². The number of anilines is 1. The van der Waals surface area contributed by atoms with Crippen LogP contribution in [0.3, 0.4) is 0 Å². The van der Waals surface area contributed by atoms with Crippen LogP contribution in [-0.2, 0) is 0 Å². The van der Waals surface area contributed by atoms with Gasteiger partial charge in [-0.05, 0) is 63.5 Å². The van der Waals surface area contributed by atoms with E-state index in [9.17, 15) is 4.39 Å². The number of piperidine rings is 1. The van der Waals surface area contributed by atoms with Crippen molar-refractivity contribution in [2.45, 2.75) is 25.8 Å². The van der Waals surface area contributed by atoms with E-state index in [1.807, 2.05) is 31.0 Å². The molecule has 0 saturated carbocycles. The molecule has 2 rings (SSSR count). The molecule has 0 aliphatic carbocycles. The molecule has 1 unspecified atom stereocenters. The molecule has 1 aliphatic heterocycles. The molecular formula is C16H26FN3. The van der Waals surface area contributed by atoms with Crippen molar-refractivity contribution in [1.82, 2.24) is 4.90 Å². The molecule has 1 atom stereocenters. The molecule has 0 spiro atoms. The molecule has 1 aromatic carbocycles. The number of likely N-dealkylation sites (tertiary alicyclic amines) is 1. The Kier molecular flexibility index (Phi) is 5.00. The Hall–Kier alpha value is -1.13. The van der Waals surface area contributed by atoms with Crippen molar-refractivity contribution in [2.24, 2.45) is 11.7 Å². The summed E-state index contributed by atoms with van der Waals surface area (Å²) in [6.45, 7) is 5.08. The Morgan fingerprint density at radius 1 is 1.40 bits per heavy atom. The Morgan fingerprint density at radius 2 is 2.05 bits per heavy atom. The van der Waals surface area contributed by atoms with Crippen molar-refractivity contribution >= 4 is 5.69 Å². The molecule has 3 nitrogen and oxygen atoms in total. The summed E-state index contributed by atoms with van der Waals surface area (Å²) >= 11 is 0. The van der Waals surface area contributed by atoms with E-state index in [0.29, 0.717) is 11.6 Å². The van der Waals surface area contributed by atoms with Gasteiger partial charge >= 0.3 is 0 Å². The van der Waals surface area contributed by atoms with Crippen LogP contribution in [0, 0.1) is 11.7 Å². The zero-order chi connectivity index (χ0) is 14.7. The van der Waals surface area contributed by atoms with Crippen molar-refractivity contribution in [3.05, 3.63) is 29.6 Å². The second-order valence-electron chi connectivity index (χ2n) is 6.13. The quantitative estimate of drug-likeness (QED) is 0.919. The highest BCUT2D eigenvalue weighted by molar-refractivity contribution is 5.49. The van der Waals surface area contributed by atoms with Gasteiger partial charge in [-0.2, -0.15) is 0 Å². The van der Waals surface area contributed by atoms with E-state index in [4.69, 9.17) is 5.73 Å². The number of nitrogens with zero attached hydrogens (tertiary/aromatic N) is 2. The highest BCUT2D eigenvalue weighted by Gasteiger charge is 2.19. The van der Waals surface area contributed by atoms with Gasteiger partial charge in [0.05, 0.1) is 5.69 Å². The molecule has 20 heavy (non-hydrogen) atoms. The number of halogens is 1. The Balaban J connectivity index is 2.00. The second-order valence-corrected chi connectivity index (χ2v) is 6.13. The van der Waals surface area contributed by atoms with E-state index in [2.05, 4.69) is 11.9 Å². The summed E-state index contributed by atoms with van der Waals surface area (Å²) in [5.74, 6) is 0.485. The van der Waals surface area contributed by atoms with Gasteiger partial charge in [0.15, 0.2) is 0 Å². The summed E-state index contributed by atoms with van der Waals surface area (Å²) in [5.41, 5.74) is 7.31. The fraction of sp³-hybridized carbons (Fsp3) is 0.625. The van der Waals surface area contributed by atoms with E-state index in [1.54, 1.807) is 6.07 Å². The second kappa shape index (κ2) is 6.55. The van der Waals surface area contributed by atoms with Gasteiger partial charge < -0.3 is 15.5 Å². The molecule has 112 valence electrons. The first-order chi connectivity index (χ1) is 9.47. The van der Waals surface area contributed by atoms with Crippen LogP contribution in [0.2, 0.25) is 0 Å². The third-order valence-corrected chi connectivity index (χ3v) is 4.28. The minimum atomic E-state index is -0.171. The van der Waals surface area contributed by atoms with Gasteiger partial charge in [0.2, 0.25) is 0 Å². The predicted molar refractivity (Wildman–Crippen MR) is 82.5 cm³/mol. The molecule has 0 amide bonds. The molecule has 1 saturated heterocycles. The van der Waals surface area contributed by atoms with Crippen molar-refractivity contribution in [1.29, 1.82) is 0 Å². The maximum Gasteiger partial charge on any atom is 0.146 e. The number of benzene rings is 1. The van der Waals surface area contributed by atoms with Crippen LogP contribution in [0.5, 0.6) is 0 Å². The van der Waals surface area contributed by atoms with Crippen LogP contribution >= 0.6 is 0 Å². The van der Waals surface area contributed by atoms with Gasteiger partial charge in [-0.3, -0.25) is 0 Å². The number of hydrogen-bond donors (Lipinski definition) is 1. The molecule has 1 heterocycles. The lowest BCUT2D eigenvalue weighted by Gasteiger charge is -2.32. The summed E-state index contributed by atoms with van der Waals surface area (Å²) in [5, 5.41) is 0. The van der Waals surface area contributed by atoms with Crippen LogP contribution < -0.4 is 10.6 Å². The fourth-order valence-corrected chi connectivity index (χ4v) is 2.85. The Morgan fingerprint density at radius 3 is 2.60 bits per heavy atom. The molecule has 4 heteroatoms. The summed E-state index contributed by atoms with van der Waals surface area (Å²) < 4.78 is 14.2. The van der Waals surface area contributed by atoms with Crippen molar-refractivity contribution in [3.8, 4) is 0 Å². The third-order valence-electron chi connectivity index (χ3n) is 4.28. The van der Waals surface area contributed by atoms with Crippen LogP contribution in [0.15, 0.2) is 18.2 Å². The molecule has 2 N–H and O–H groups in total. The molecule has 1 aliphatic rings. The molecular weight excluding hydrogens is 253 g/mol. The average molecular weight is 279 g/mol. The highest BCUT2D eigenvalue weighted by Crippen LogP contribution is 2.25. The molecule has 0 bridgehead atoms. The Labute approximate surface area is 121 Å². The first-order valence-corrected chi connectivity index (χ1v) is 7.42. The van der Waals surface area contributed by atoms with E-state index in [0.717, 1.165) is 25.2 Å². The van der Waals surface area contributed by atoms with Crippen LogP contribution in [0.25, 0.3) is 0 Å². The third kappa shape index (κ3) is 3.70. The van der Waals surface area contributed by atoms with Gasteiger partial charge in [-0.25, -0.2) is 4.39 Å². The minimum Gasteiger partial charge on any atom is -0.372 e. The molecule has 1 fully saturated rings. The maximum absolute atomic E-state index is 14.2. The largest absolute Gasteiger partial charge is 0.372 e. The van der Waals surface area contributed by atoms with Crippen molar-refractivity contribution < 1.29 is 4.39 Å². The summed E-state index contributed by atoms with van der Waals surface area (Å²) in [7, 11) is 4.13. The van der Waals surface area contributed by atoms with Gasteiger partial charge in [-0.1, -0.05) is 6.07 Å². The minimum absolute atomic E-state index is 0.127. The van der Waals surface area contributed by atoms with Crippen molar-refractivity contribution in [2.75, 3.05) is 38.6 Å². The van der Waals surface area contributed by atoms with E-state index in [-0.39, 0.29) is 11.9 Å². The number of hydrogen-bond acceptors (Lipinski definition) is 3. The lowest BCUT2D eigenvalue weighted by molar-refractivity contribution is 0.222. The number of nitrogens with two attached hydrogens (primary N) is 1. The van der Waals surface area contributed by atoms with E-state index in [1.165, 1.54) is 12.8 Å². The lowest BCUT2D eigenvalue weighted by atomic mass is 9.96. The molecule has 1 aromatic rings. The Bertz CT molecular complexity index is 439. The van der Waals surface area contributed by atoms with Crippen LogP contribution in [-0.4, -0.2) is 38.6 Å². The smallest absolute Gasteiger partial charge is 0.146 e.